The molecule has 0 saturated carbocycles. The number of hydrogen-bond acceptors (Lipinski definition) is 5. The standard InChI is InChI=1S/C11H15N3O4/c1-2-14-9(12-7-13-14)5-11(10(16)17)6-18-4-3-8(11)15/h7H,2-6H2,1H3,(H,16,17). The van der Waals surface area contributed by atoms with Crippen molar-refractivity contribution in [2.75, 3.05) is 13.2 Å². The molecule has 7 nitrogen and oxygen atoms in total. The van der Waals surface area contributed by atoms with E-state index < -0.39 is 11.4 Å². The van der Waals surface area contributed by atoms with Crippen LogP contribution >= 0.6 is 0 Å². The quantitative estimate of drug-likeness (QED) is 0.753. The van der Waals surface area contributed by atoms with Crippen molar-refractivity contribution >= 4 is 11.8 Å². The molecule has 0 aromatic carbocycles. The highest BCUT2D eigenvalue weighted by Crippen LogP contribution is 2.29. The number of Topliss-reactive ketones (excluding diaryl/α,β-unsaturated/α-hetero) is 1. The molecule has 0 radical (unpaired) electrons. The Kier molecular flexibility index (Phi) is 3.42. The summed E-state index contributed by atoms with van der Waals surface area (Å²) >= 11 is 0. The first-order valence-corrected chi connectivity index (χ1v) is 5.81. The molecule has 1 aliphatic heterocycles. The van der Waals surface area contributed by atoms with Gasteiger partial charge in [0.15, 0.2) is 11.2 Å². The van der Waals surface area contributed by atoms with Crippen LogP contribution < -0.4 is 0 Å². The van der Waals surface area contributed by atoms with E-state index in [0.29, 0.717) is 12.4 Å². The number of aryl methyl sites for hydroxylation is 1. The minimum absolute atomic E-state index is 0.0228. The van der Waals surface area contributed by atoms with Crippen LogP contribution in [-0.4, -0.2) is 44.8 Å². The van der Waals surface area contributed by atoms with Gasteiger partial charge in [-0.25, -0.2) is 4.98 Å². The van der Waals surface area contributed by atoms with Crippen LogP contribution in [0.1, 0.15) is 19.2 Å². The van der Waals surface area contributed by atoms with Crippen molar-refractivity contribution in [3.05, 3.63) is 12.2 Å². The molecule has 18 heavy (non-hydrogen) atoms. The van der Waals surface area contributed by atoms with Gasteiger partial charge in [-0.3, -0.25) is 14.3 Å². The smallest absolute Gasteiger partial charge is 0.320 e. The fraction of sp³-hybridized carbons (Fsp3) is 0.636. The molecule has 1 aromatic heterocycles. The largest absolute Gasteiger partial charge is 0.480 e. The molecule has 0 spiro atoms. The Morgan fingerprint density at radius 2 is 2.44 bits per heavy atom. The lowest BCUT2D eigenvalue weighted by Crippen LogP contribution is -2.49. The minimum atomic E-state index is -1.52. The number of rotatable bonds is 4. The lowest BCUT2D eigenvalue weighted by molar-refractivity contribution is -0.164. The molecule has 1 saturated heterocycles. The first-order chi connectivity index (χ1) is 8.60. The summed E-state index contributed by atoms with van der Waals surface area (Å²) in [6, 6.07) is 0. The van der Waals surface area contributed by atoms with Gasteiger partial charge in [-0.05, 0) is 6.92 Å². The lowest BCUT2D eigenvalue weighted by Gasteiger charge is -2.31. The molecule has 1 aliphatic rings. The number of carbonyl (C=O) groups excluding carboxylic acids is 1. The number of ether oxygens (including phenoxy) is 1. The Bertz CT molecular complexity index is 471. The highest BCUT2D eigenvalue weighted by molar-refractivity contribution is 6.03. The number of nitrogens with zero attached hydrogens (tertiary/aromatic N) is 3. The van der Waals surface area contributed by atoms with Crippen molar-refractivity contribution in [2.45, 2.75) is 26.3 Å². The third-order valence-electron chi connectivity index (χ3n) is 3.22. The second kappa shape index (κ2) is 4.85. The van der Waals surface area contributed by atoms with Crippen LogP contribution in [0.5, 0.6) is 0 Å². The van der Waals surface area contributed by atoms with Gasteiger partial charge in [0.05, 0.1) is 13.2 Å². The SMILES string of the molecule is CCn1ncnc1CC1(C(=O)O)COCCC1=O. The van der Waals surface area contributed by atoms with E-state index in [9.17, 15) is 14.7 Å². The third kappa shape index (κ3) is 2.01. The number of ketones is 1. The van der Waals surface area contributed by atoms with Gasteiger partial charge in [0, 0.05) is 19.4 Å². The predicted octanol–water partition coefficient (Wildman–Crippen LogP) is -0.0991. The fourth-order valence-corrected chi connectivity index (χ4v) is 2.10. The van der Waals surface area contributed by atoms with Gasteiger partial charge in [-0.2, -0.15) is 5.10 Å². The maximum atomic E-state index is 12.0. The van der Waals surface area contributed by atoms with Crippen molar-refractivity contribution < 1.29 is 19.4 Å². The van der Waals surface area contributed by atoms with E-state index in [1.54, 1.807) is 4.68 Å². The minimum Gasteiger partial charge on any atom is -0.480 e. The van der Waals surface area contributed by atoms with E-state index >= 15 is 0 Å². The first-order valence-electron chi connectivity index (χ1n) is 5.81. The van der Waals surface area contributed by atoms with Crippen molar-refractivity contribution in [1.82, 2.24) is 14.8 Å². The van der Waals surface area contributed by atoms with E-state index in [0.717, 1.165) is 0 Å². The van der Waals surface area contributed by atoms with Gasteiger partial charge in [-0.1, -0.05) is 0 Å². The van der Waals surface area contributed by atoms with Crippen LogP contribution in [0.4, 0.5) is 0 Å². The Hall–Kier alpha value is -1.76. The van der Waals surface area contributed by atoms with Crippen molar-refractivity contribution in [3.8, 4) is 0 Å². The average molecular weight is 253 g/mol. The molecule has 0 amide bonds. The second-order valence-corrected chi connectivity index (χ2v) is 4.28. The van der Waals surface area contributed by atoms with Crippen molar-refractivity contribution in [1.29, 1.82) is 0 Å². The molecule has 1 fully saturated rings. The van der Waals surface area contributed by atoms with Gasteiger partial charge in [0.2, 0.25) is 0 Å². The first kappa shape index (κ1) is 12.7. The normalized spacial score (nSPS) is 24.2. The van der Waals surface area contributed by atoms with Crippen LogP contribution in [0.2, 0.25) is 0 Å². The Morgan fingerprint density at radius 3 is 3.06 bits per heavy atom. The Balaban J connectivity index is 2.31. The van der Waals surface area contributed by atoms with E-state index in [4.69, 9.17) is 4.74 Å². The fourth-order valence-electron chi connectivity index (χ4n) is 2.10. The zero-order valence-corrected chi connectivity index (χ0v) is 10.1. The van der Waals surface area contributed by atoms with E-state index in [1.807, 2.05) is 6.92 Å². The van der Waals surface area contributed by atoms with Gasteiger partial charge < -0.3 is 9.84 Å². The summed E-state index contributed by atoms with van der Waals surface area (Å²) in [6.07, 6.45) is 1.52. The number of hydrogen-bond donors (Lipinski definition) is 1. The van der Waals surface area contributed by atoms with Gasteiger partial charge >= 0.3 is 5.97 Å². The monoisotopic (exact) mass is 253 g/mol. The van der Waals surface area contributed by atoms with E-state index in [-0.39, 0.29) is 31.8 Å². The highest BCUT2D eigenvalue weighted by atomic mass is 16.5. The Morgan fingerprint density at radius 1 is 1.67 bits per heavy atom. The molecule has 0 aliphatic carbocycles. The molecular weight excluding hydrogens is 238 g/mol. The number of aromatic nitrogens is 3. The molecule has 1 N–H and O–H groups in total. The maximum Gasteiger partial charge on any atom is 0.320 e. The zero-order valence-electron chi connectivity index (χ0n) is 10.1. The third-order valence-corrected chi connectivity index (χ3v) is 3.22. The van der Waals surface area contributed by atoms with Crippen LogP contribution in [-0.2, 0) is 27.3 Å². The number of carbonyl (C=O) groups is 2. The van der Waals surface area contributed by atoms with Crippen LogP contribution in [0.25, 0.3) is 0 Å². The average Bonchev–Trinajstić information content (AvgIpc) is 2.79. The molecule has 2 rings (SSSR count). The molecule has 2 heterocycles. The van der Waals surface area contributed by atoms with Gasteiger partial charge in [0.25, 0.3) is 0 Å². The summed E-state index contributed by atoms with van der Waals surface area (Å²) in [5, 5.41) is 13.3. The van der Waals surface area contributed by atoms with Gasteiger partial charge in [0.1, 0.15) is 12.2 Å². The summed E-state index contributed by atoms with van der Waals surface area (Å²) in [5.41, 5.74) is -1.52. The molecule has 98 valence electrons. The molecule has 7 heteroatoms. The number of carboxylic acids is 1. The summed E-state index contributed by atoms with van der Waals surface area (Å²) < 4.78 is 6.77. The van der Waals surface area contributed by atoms with Crippen LogP contribution in [0.3, 0.4) is 0 Å². The summed E-state index contributed by atoms with van der Waals surface area (Å²) in [5.74, 6) is -0.955. The Labute approximate surface area is 104 Å². The summed E-state index contributed by atoms with van der Waals surface area (Å²) in [4.78, 5) is 27.4. The molecule has 1 atom stereocenters. The second-order valence-electron chi connectivity index (χ2n) is 4.28. The highest BCUT2D eigenvalue weighted by Gasteiger charge is 2.49. The lowest BCUT2D eigenvalue weighted by atomic mass is 9.78. The topological polar surface area (TPSA) is 94.3 Å². The zero-order chi connectivity index (χ0) is 13.2. The molecule has 0 bridgehead atoms. The molecular formula is C11H15N3O4. The summed E-state index contributed by atoms with van der Waals surface area (Å²) in [6.45, 7) is 2.65. The van der Waals surface area contributed by atoms with Crippen LogP contribution in [0, 0.1) is 5.41 Å². The molecule has 1 unspecified atom stereocenters. The number of carboxylic acid groups (broad SMARTS) is 1. The predicted molar refractivity (Wildman–Crippen MR) is 59.9 cm³/mol. The van der Waals surface area contributed by atoms with E-state index in [2.05, 4.69) is 10.1 Å². The van der Waals surface area contributed by atoms with E-state index in [1.165, 1.54) is 6.33 Å². The van der Waals surface area contributed by atoms with Crippen molar-refractivity contribution in [2.24, 2.45) is 5.41 Å². The number of aliphatic carboxylic acids is 1. The summed E-state index contributed by atoms with van der Waals surface area (Å²) in [7, 11) is 0. The van der Waals surface area contributed by atoms with Gasteiger partial charge in [-0.15, -0.1) is 0 Å². The van der Waals surface area contributed by atoms with Crippen LogP contribution in [0.15, 0.2) is 6.33 Å². The molecule has 1 aromatic rings. The maximum absolute atomic E-state index is 12.0. The van der Waals surface area contributed by atoms with Crippen molar-refractivity contribution in [3.63, 3.8) is 0 Å².